The summed E-state index contributed by atoms with van der Waals surface area (Å²) in [7, 11) is 3.21. The molecule has 0 amide bonds. The minimum Gasteiger partial charge on any atom is -0.365 e. The second kappa shape index (κ2) is 7.57. The van der Waals surface area contributed by atoms with Gasteiger partial charge in [-0.05, 0) is 44.0 Å². The van der Waals surface area contributed by atoms with Gasteiger partial charge in [0.2, 0.25) is 0 Å². The molecule has 0 bridgehead atoms. The number of nitriles is 1. The lowest BCUT2D eigenvalue weighted by Crippen LogP contribution is -2.40. The molecule has 2 aromatic heterocycles. The van der Waals surface area contributed by atoms with Crippen LogP contribution in [-0.2, 0) is 24.4 Å². The summed E-state index contributed by atoms with van der Waals surface area (Å²) < 4.78 is 11.3. The molecular formula is C27H26N4O3. The predicted molar refractivity (Wildman–Crippen MR) is 131 cm³/mol. The molecule has 1 aliphatic heterocycles. The average Bonchev–Trinajstić information content (AvgIpc) is 3.20. The normalized spacial score (nSPS) is 16.9. The van der Waals surface area contributed by atoms with Gasteiger partial charge in [0.05, 0.1) is 46.1 Å². The second-order valence-corrected chi connectivity index (χ2v) is 9.60. The van der Waals surface area contributed by atoms with Crippen LogP contribution in [0.2, 0.25) is 0 Å². The summed E-state index contributed by atoms with van der Waals surface area (Å²) in [5.41, 5.74) is 4.39. The highest BCUT2D eigenvalue weighted by atomic mass is 16.5. The maximum atomic E-state index is 13.6. The summed E-state index contributed by atoms with van der Waals surface area (Å²) >= 11 is 0. The molecule has 7 heteroatoms. The van der Waals surface area contributed by atoms with Crippen LogP contribution in [0.15, 0.2) is 58.1 Å². The Hall–Kier alpha value is -3.89. The Morgan fingerprint density at radius 2 is 1.65 bits per heavy atom. The van der Waals surface area contributed by atoms with Crippen LogP contribution in [0.3, 0.4) is 0 Å². The van der Waals surface area contributed by atoms with Gasteiger partial charge >= 0.3 is 5.69 Å². The lowest BCUT2D eigenvalue weighted by Gasteiger charge is -2.39. The number of rotatable bonds is 2. The molecule has 0 fully saturated rings. The van der Waals surface area contributed by atoms with Crippen molar-refractivity contribution in [3.8, 4) is 17.3 Å². The minimum atomic E-state index is -0.500. The number of hydrogen-bond acceptors (Lipinski definition) is 4. The van der Waals surface area contributed by atoms with Gasteiger partial charge in [0.25, 0.3) is 5.56 Å². The zero-order valence-electron chi connectivity index (χ0n) is 19.9. The van der Waals surface area contributed by atoms with Gasteiger partial charge in [-0.25, -0.2) is 4.79 Å². The fourth-order valence-corrected chi connectivity index (χ4v) is 4.97. The van der Waals surface area contributed by atoms with E-state index in [-0.39, 0.29) is 11.2 Å². The van der Waals surface area contributed by atoms with Crippen LogP contribution in [-0.4, -0.2) is 20.3 Å². The quantitative estimate of drug-likeness (QED) is 0.462. The molecule has 1 aliphatic rings. The van der Waals surface area contributed by atoms with Crippen molar-refractivity contribution in [2.24, 2.45) is 14.1 Å². The average molecular weight is 455 g/mol. The second-order valence-electron chi connectivity index (χ2n) is 9.60. The third kappa shape index (κ3) is 3.06. The van der Waals surface area contributed by atoms with Crippen LogP contribution in [0.25, 0.3) is 22.2 Å². The summed E-state index contributed by atoms with van der Waals surface area (Å²) in [6.45, 7) is 6.59. The summed E-state index contributed by atoms with van der Waals surface area (Å²) in [5.74, 6) is 0. The van der Waals surface area contributed by atoms with Gasteiger partial charge in [-0.15, -0.1) is 0 Å². The SMILES string of the molecule is Cc1ccc(-c2c3c(=O)n(C)c(=O)n(C)c3c3n2C(C)(C)CO[C@@H]3c2ccc(C#N)cc2)cc1. The molecule has 0 saturated heterocycles. The van der Waals surface area contributed by atoms with Crippen molar-refractivity contribution >= 4 is 10.9 Å². The van der Waals surface area contributed by atoms with E-state index in [4.69, 9.17) is 4.74 Å². The third-order valence-electron chi connectivity index (χ3n) is 6.73. The molecule has 0 spiro atoms. The number of aromatic nitrogens is 3. The van der Waals surface area contributed by atoms with E-state index in [1.165, 1.54) is 7.05 Å². The first-order valence-electron chi connectivity index (χ1n) is 11.2. The van der Waals surface area contributed by atoms with E-state index in [1.54, 1.807) is 23.7 Å². The molecule has 0 unspecified atom stereocenters. The van der Waals surface area contributed by atoms with Crippen molar-refractivity contribution in [2.45, 2.75) is 32.4 Å². The molecule has 5 rings (SSSR count). The molecule has 7 nitrogen and oxygen atoms in total. The molecule has 0 radical (unpaired) electrons. The van der Waals surface area contributed by atoms with Gasteiger partial charge in [0.1, 0.15) is 6.10 Å². The Bertz CT molecular complexity index is 1590. The predicted octanol–water partition coefficient (Wildman–Crippen LogP) is 3.74. The number of hydrogen-bond donors (Lipinski definition) is 0. The number of fused-ring (bicyclic) bond motifs is 3. The van der Waals surface area contributed by atoms with E-state index >= 15 is 0 Å². The highest BCUT2D eigenvalue weighted by Crippen LogP contribution is 2.45. The van der Waals surface area contributed by atoms with Gasteiger partial charge in [-0.2, -0.15) is 5.26 Å². The first kappa shape index (κ1) is 21.9. The van der Waals surface area contributed by atoms with Crippen LogP contribution < -0.4 is 11.2 Å². The van der Waals surface area contributed by atoms with Crippen molar-refractivity contribution in [3.05, 3.63) is 91.8 Å². The number of benzene rings is 2. The maximum Gasteiger partial charge on any atom is 0.331 e. The lowest BCUT2D eigenvalue weighted by atomic mass is 9.97. The van der Waals surface area contributed by atoms with Gasteiger partial charge in [0, 0.05) is 14.1 Å². The maximum absolute atomic E-state index is 13.6. The van der Waals surface area contributed by atoms with Gasteiger partial charge in [0.15, 0.2) is 0 Å². The van der Waals surface area contributed by atoms with Crippen molar-refractivity contribution in [1.82, 2.24) is 13.7 Å². The Kier molecular flexibility index (Phi) is 4.88. The monoisotopic (exact) mass is 454 g/mol. The Balaban J connectivity index is 1.97. The number of ether oxygens (including phenoxy) is 1. The molecule has 0 aliphatic carbocycles. The Morgan fingerprint density at radius 3 is 2.26 bits per heavy atom. The van der Waals surface area contributed by atoms with E-state index < -0.39 is 11.6 Å². The molecule has 34 heavy (non-hydrogen) atoms. The fraction of sp³-hybridized carbons (Fsp3) is 0.296. The van der Waals surface area contributed by atoms with Crippen molar-refractivity contribution in [2.75, 3.05) is 6.61 Å². The highest BCUT2D eigenvalue weighted by molar-refractivity contribution is 5.96. The van der Waals surface area contributed by atoms with Gasteiger partial charge < -0.3 is 9.30 Å². The summed E-state index contributed by atoms with van der Waals surface area (Å²) in [6.07, 6.45) is -0.500. The minimum absolute atomic E-state index is 0.329. The zero-order valence-corrected chi connectivity index (χ0v) is 19.9. The van der Waals surface area contributed by atoms with E-state index in [0.29, 0.717) is 23.1 Å². The standard InChI is InChI=1S/C27H26N4O3/c1-16-6-10-18(11-7-16)21-20-22(29(4)26(33)30(5)25(20)32)23-24(34-15-27(2,3)31(21)23)19-12-8-17(14-28)9-13-19/h6-13,24H,15H2,1-5H3/t24-/m1/s1. The fourth-order valence-electron chi connectivity index (χ4n) is 4.97. The summed E-state index contributed by atoms with van der Waals surface area (Å²) in [6, 6.07) is 17.5. The van der Waals surface area contributed by atoms with E-state index in [9.17, 15) is 14.9 Å². The molecule has 172 valence electrons. The summed E-state index contributed by atoms with van der Waals surface area (Å²) in [5, 5.41) is 9.72. The Morgan fingerprint density at radius 1 is 1.00 bits per heavy atom. The van der Waals surface area contributed by atoms with Crippen LogP contribution in [0.5, 0.6) is 0 Å². The van der Waals surface area contributed by atoms with Gasteiger partial charge in [-0.3, -0.25) is 13.9 Å². The largest absolute Gasteiger partial charge is 0.365 e. The molecule has 3 heterocycles. The Labute approximate surface area is 197 Å². The van der Waals surface area contributed by atoms with Crippen LogP contribution in [0.4, 0.5) is 0 Å². The van der Waals surface area contributed by atoms with E-state index in [1.807, 2.05) is 43.3 Å². The van der Waals surface area contributed by atoms with E-state index in [2.05, 4.69) is 24.5 Å². The van der Waals surface area contributed by atoms with Crippen molar-refractivity contribution < 1.29 is 4.74 Å². The van der Waals surface area contributed by atoms with Crippen LogP contribution in [0, 0.1) is 18.3 Å². The molecule has 2 aromatic carbocycles. The topological polar surface area (TPSA) is 81.9 Å². The van der Waals surface area contributed by atoms with E-state index in [0.717, 1.165) is 32.6 Å². The smallest absolute Gasteiger partial charge is 0.331 e. The molecule has 1 atom stereocenters. The van der Waals surface area contributed by atoms with Crippen LogP contribution in [0.1, 0.15) is 42.3 Å². The number of aryl methyl sites for hydroxylation is 2. The van der Waals surface area contributed by atoms with Crippen molar-refractivity contribution in [3.63, 3.8) is 0 Å². The first-order valence-corrected chi connectivity index (χ1v) is 11.2. The van der Waals surface area contributed by atoms with Crippen molar-refractivity contribution in [1.29, 1.82) is 5.26 Å². The zero-order chi connectivity index (χ0) is 24.4. The van der Waals surface area contributed by atoms with Gasteiger partial charge in [-0.1, -0.05) is 42.0 Å². The summed E-state index contributed by atoms with van der Waals surface area (Å²) in [4.78, 5) is 26.6. The highest BCUT2D eigenvalue weighted by Gasteiger charge is 2.40. The first-order chi connectivity index (χ1) is 16.2. The van der Waals surface area contributed by atoms with Crippen LogP contribution >= 0.6 is 0 Å². The molecule has 4 aromatic rings. The third-order valence-corrected chi connectivity index (χ3v) is 6.73. The molecule has 0 N–H and O–H groups in total. The molecule has 0 saturated carbocycles. The molecular weight excluding hydrogens is 428 g/mol. The number of nitrogens with zero attached hydrogens (tertiary/aromatic N) is 4. The lowest BCUT2D eigenvalue weighted by molar-refractivity contribution is -0.00707.